The van der Waals surface area contributed by atoms with E-state index >= 15 is 0 Å². The van der Waals surface area contributed by atoms with E-state index in [4.69, 9.17) is 5.73 Å². The molecule has 0 unspecified atom stereocenters. The van der Waals surface area contributed by atoms with Crippen LogP contribution in [0, 0.1) is 0 Å². The minimum absolute atomic E-state index is 0.571. The molecule has 2 aromatic carbocycles. The van der Waals surface area contributed by atoms with Crippen molar-refractivity contribution in [3.8, 4) is 11.3 Å². The lowest BCUT2D eigenvalue weighted by Crippen LogP contribution is -2.05. The first-order valence-electron chi connectivity index (χ1n) is 9.52. The molecule has 0 spiro atoms. The topological polar surface area (TPSA) is 106 Å². The molecule has 6 heteroatoms. The maximum atomic E-state index is 10.8. The Labute approximate surface area is 177 Å². The van der Waals surface area contributed by atoms with Gasteiger partial charge in [0.15, 0.2) is 0 Å². The number of benzene rings is 2. The van der Waals surface area contributed by atoms with Crippen molar-refractivity contribution in [1.82, 2.24) is 4.98 Å². The first-order valence-corrected chi connectivity index (χ1v) is 9.52. The van der Waals surface area contributed by atoms with E-state index in [0.29, 0.717) is 23.6 Å². The van der Waals surface area contributed by atoms with Crippen LogP contribution in [-0.4, -0.2) is 24.5 Å². The number of nitrogens with one attached hydrogen (secondary N) is 1. The van der Waals surface area contributed by atoms with Crippen LogP contribution in [0.5, 0.6) is 0 Å². The third kappa shape index (κ3) is 5.62. The van der Waals surface area contributed by atoms with Crippen LogP contribution in [-0.2, 0) is 6.54 Å². The fraction of sp³-hybridized carbons (Fsp3) is 0.125. The van der Waals surface area contributed by atoms with Gasteiger partial charge in [-0.3, -0.25) is 9.79 Å². The van der Waals surface area contributed by atoms with Crippen LogP contribution >= 0.6 is 0 Å². The first-order chi connectivity index (χ1) is 14.6. The van der Waals surface area contributed by atoms with Crippen molar-refractivity contribution in [2.45, 2.75) is 13.5 Å². The summed E-state index contributed by atoms with van der Waals surface area (Å²) >= 11 is 0. The summed E-state index contributed by atoms with van der Waals surface area (Å²) in [5, 5.41) is 3.30. The van der Waals surface area contributed by atoms with Crippen molar-refractivity contribution in [3.05, 3.63) is 77.9 Å². The molecule has 0 aliphatic rings. The third-order valence-corrected chi connectivity index (χ3v) is 4.31. The van der Waals surface area contributed by atoms with Crippen LogP contribution in [0.4, 0.5) is 17.2 Å². The summed E-state index contributed by atoms with van der Waals surface area (Å²) < 4.78 is 0. The molecule has 0 fully saturated rings. The lowest BCUT2D eigenvalue weighted by atomic mass is 10.1. The standard InChI is InChI=1S/C23H22N4O.CH5N/c1-3-18-13-17(7-11-21(18)25-4-2)14-26-23-20(24)10-12-22(27-23)19-8-5-16(15-28)6-9-19;1-2/h3-13,15H,1,14,24H2,2H3,(H,26,27);2H2,1H3. The average Bonchev–Trinajstić information content (AvgIpc) is 2.81. The second-order valence-corrected chi connectivity index (χ2v) is 6.21. The zero-order valence-electron chi connectivity index (χ0n) is 17.3. The van der Waals surface area contributed by atoms with Crippen molar-refractivity contribution >= 4 is 35.8 Å². The summed E-state index contributed by atoms with van der Waals surface area (Å²) in [7, 11) is 1.50. The highest BCUT2D eigenvalue weighted by Gasteiger charge is 2.07. The van der Waals surface area contributed by atoms with Gasteiger partial charge in [-0.2, -0.15) is 0 Å². The molecule has 6 nitrogen and oxygen atoms in total. The molecule has 154 valence electrons. The van der Waals surface area contributed by atoms with E-state index in [1.165, 1.54) is 7.05 Å². The number of nitrogens with zero attached hydrogens (tertiary/aromatic N) is 2. The van der Waals surface area contributed by atoms with Gasteiger partial charge < -0.3 is 16.8 Å². The number of aromatic nitrogens is 1. The summed E-state index contributed by atoms with van der Waals surface area (Å²) in [5.74, 6) is 0.618. The number of carbonyl (C=O) groups is 1. The highest BCUT2D eigenvalue weighted by molar-refractivity contribution is 5.77. The number of nitrogens with two attached hydrogens (primary N) is 2. The molecule has 3 rings (SSSR count). The van der Waals surface area contributed by atoms with Crippen molar-refractivity contribution < 1.29 is 4.79 Å². The monoisotopic (exact) mass is 401 g/mol. The van der Waals surface area contributed by atoms with Crippen LogP contribution < -0.4 is 16.8 Å². The van der Waals surface area contributed by atoms with Gasteiger partial charge >= 0.3 is 0 Å². The van der Waals surface area contributed by atoms with Crippen molar-refractivity contribution in [2.75, 3.05) is 18.1 Å². The Bertz CT molecular complexity index is 1030. The van der Waals surface area contributed by atoms with Crippen LogP contribution in [0.25, 0.3) is 17.3 Å². The van der Waals surface area contributed by atoms with Gasteiger partial charge in [0.25, 0.3) is 0 Å². The second kappa shape index (κ2) is 11.3. The molecule has 0 bridgehead atoms. The molecule has 0 saturated carbocycles. The minimum Gasteiger partial charge on any atom is -0.396 e. The van der Waals surface area contributed by atoms with Gasteiger partial charge in [0.05, 0.1) is 17.1 Å². The fourth-order valence-electron chi connectivity index (χ4n) is 2.82. The van der Waals surface area contributed by atoms with Crippen LogP contribution in [0.2, 0.25) is 0 Å². The molecule has 0 radical (unpaired) electrons. The van der Waals surface area contributed by atoms with E-state index in [2.05, 4.69) is 27.6 Å². The van der Waals surface area contributed by atoms with Gasteiger partial charge in [0.2, 0.25) is 0 Å². The number of rotatable bonds is 7. The van der Waals surface area contributed by atoms with Crippen molar-refractivity contribution in [1.29, 1.82) is 0 Å². The van der Waals surface area contributed by atoms with E-state index in [0.717, 1.165) is 34.4 Å². The van der Waals surface area contributed by atoms with Crippen molar-refractivity contribution in [2.24, 2.45) is 10.7 Å². The number of nitrogen functional groups attached to an aromatic ring is 1. The van der Waals surface area contributed by atoms with Crippen LogP contribution in [0.1, 0.15) is 28.4 Å². The predicted octanol–water partition coefficient (Wildman–Crippen LogP) is 4.70. The van der Waals surface area contributed by atoms with Gasteiger partial charge in [0, 0.05) is 23.9 Å². The Balaban J connectivity index is 0.00000155. The molecule has 1 heterocycles. The van der Waals surface area contributed by atoms with Crippen LogP contribution in [0.3, 0.4) is 0 Å². The van der Waals surface area contributed by atoms with Crippen molar-refractivity contribution in [3.63, 3.8) is 0 Å². The Morgan fingerprint density at radius 1 is 1.10 bits per heavy atom. The Morgan fingerprint density at radius 2 is 1.83 bits per heavy atom. The lowest BCUT2D eigenvalue weighted by Gasteiger charge is -2.12. The molecule has 5 N–H and O–H groups in total. The van der Waals surface area contributed by atoms with Crippen LogP contribution in [0.15, 0.2) is 66.2 Å². The number of aldehydes is 1. The lowest BCUT2D eigenvalue weighted by molar-refractivity contribution is 0.112. The molecular weight excluding hydrogens is 374 g/mol. The Morgan fingerprint density at radius 3 is 2.47 bits per heavy atom. The largest absolute Gasteiger partial charge is 0.396 e. The second-order valence-electron chi connectivity index (χ2n) is 6.21. The molecule has 0 aliphatic heterocycles. The zero-order chi connectivity index (χ0) is 21.9. The molecule has 0 amide bonds. The molecule has 30 heavy (non-hydrogen) atoms. The van der Waals surface area contributed by atoms with E-state index in [9.17, 15) is 4.79 Å². The van der Waals surface area contributed by atoms with E-state index < -0.39 is 0 Å². The maximum Gasteiger partial charge on any atom is 0.150 e. The highest BCUT2D eigenvalue weighted by atomic mass is 16.1. The van der Waals surface area contributed by atoms with Gasteiger partial charge in [-0.1, -0.05) is 43.0 Å². The number of aliphatic imine (C=N–C) groups is 1. The molecular formula is C24H27N5O. The highest BCUT2D eigenvalue weighted by Crippen LogP contribution is 2.25. The number of hydrogen-bond acceptors (Lipinski definition) is 6. The van der Waals surface area contributed by atoms with Gasteiger partial charge in [-0.25, -0.2) is 4.98 Å². The third-order valence-electron chi connectivity index (χ3n) is 4.31. The summed E-state index contributed by atoms with van der Waals surface area (Å²) in [5.41, 5.74) is 16.4. The normalized spacial score (nSPS) is 10.2. The van der Waals surface area contributed by atoms with E-state index in [1.807, 2.05) is 49.4 Å². The van der Waals surface area contributed by atoms with Gasteiger partial charge in [0.1, 0.15) is 12.1 Å². The Hall–Kier alpha value is -3.77. The number of hydrogen-bond donors (Lipinski definition) is 3. The average molecular weight is 402 g/mol. The van der Waals surface area contributed by atoms with Gasteiger partial charge in [-0.05, 0) is 49.4 Å². The predicted molar refractivity (Wildman–Crippen MR) is 127 cm³/mol. The van der Waals surface area contributed by atoms with Gasteiger partial charge in [-0.15, -0.1) is 0 Å². The summed E-state index contributed by atoms with van der Waals surface area (Å²) in [4.78, 5) is 19.8. The van der Waals surface area contributed by atoms with E-state index in [-0.39, 0.29) is 0 Å². The zero-order valence-corrected chi connectivity index (χ0v) is 17.3. The smallest absolute Gasteiger partial charge is 0.150 e. The molecule has 1 aromatic heterocycles. The summed E-state index contributed by atoms with van der Waals surface area (Å²) in [6, 6.07) is 17.0. The first kappa shape index (κ1) is 22.5. The fourth-order valence-corrected chi connectivity index (χ4v) is 2.82. The molecule has 3 aromatic rings. The molecule has 0 saturated heterocycles. The van der Waals surface area contributed by atoms with E-state index in [1.54, 1.807) is 24.4 Å². The number of carbonyl (C=O) groups excluding carboxylic acids is 1. The maximum absolute atomic E-state index is 10.8. The minimum atomic E-state index is 0.571. The number of anilines is 2. The SMILES string of the molecule is C=Cc1cc(CNc2nc(-c3ccc(C=O)cc3)ccc2N)ccc1N=CC.CN. The number of pyridine rings is 1. The summed E-state index contributed by atoms with van der Waals surface area (Å²) in [6.45, 7) is 6.31. The summed E-state index contributed by atoms with van der Waals surface area (Å²) in [6.07, 6.45) is 4.38. The quantitative estimate of drug-likeness (QED) is 0.393. The Kier molecular flexibility index (Phi) is 8.47. The molecule has 0 aliphatic carbocycles. The molecule has 0 atom stereocenters.